The van der Waals surface area contributed by atoms with Gasteiger partial charge in [-0.1, -0.05) is 6.08 Å². The highest BCUT2D eigenvalue weighted by Gasteiger charge is 2.40. The summed E-state index contributed by atoms with van der Waals surface area (Å²) in [4.78, 5) is 21.6. The van der Waals surface area contributed by atoms with Gasteiger partial charge in [0.05, 0.1) is 13.0 Å². The van der Waals surface area contributed by atoms with E-state index in [1.165, 1.54) is 6.08 Å². The van der Waals surface area contributed by atoms with Gasteiger partial charge < -0.3 is 4.74 Å². The third-order valence-corrected chi connectivity index (χ3v) is 1.73. The molecule has 0 fully saturated rings. The van der Waals surface area contributed by atoms with Crippen LogP contribution in [0.2, 0.25) is 0 Å². The van der Waals surface area contributed by atoms with Crippen molar-refractivity contribution in [1.29, 1.82) is 0 Å². The van der Waals surface area contributed by atoms with Gasteiger partial charge in [-0.25, -0.2) is 0 Å². The maximum Gasteiger partial charge on any atom is 0.449 e. The zero-order chi connectivity index (χ0) is 12.1. The molecule has 0 bridgehead atoms. The number of carbonyl (C=O) groups excluding carboxylic acids is 2. The summed E-state index contributed by atoms with van der Waals surface area (Å²) in [6.45, 7) is 3.29. The number of allylic oxidation sites excluding steroid dienone is 1. The number of esters is 1. The average molecular weight is 224 g/mol. The first-order valence-corrected chi connectivity index (χ1v) is 4.11. The van der Waals surface area contributed by atoms with Gasteiger partial charge in [0.15, 0.2) is 0 Å². The van der Waals surface area contributed by atoms with Crippen molar-refractivity contribution in [2.75, 3.05) is 7.11 Å². The Kier molecular flexibility index (Phi) is 5.04. The fraction of sp³-hybridized carbons (Fsp3) is 0.556. The minimum Gasteiger partial charge on any atom is -0.469 e. The molecule has 3 nitrogen and oxygen atoms in total. The van der Waals surface area contributed by atoms with E-state index in [1.54, 1.807) is 0 Å². The minimum atomic E-state index is -4.91. The Morgan fingerprint density at radius 1 is 1.47 bits per heavy atom. The highest BCUT2D eigenvalue weighted by Crippen LogP contribution is 2.22. The molecule has 1 atom stereocenters. The number of Topliss-reactive ketones (excluding diaryl/α,β-unsaturated/α-hetero) is 1. The zero-order valence-corrected chi connectivity index (χ0v) is 8.13. The first kappa shape index (κ1) is 13.7. The molecule has 15 heavy (non-hydrogen) atoms. The van der Waals surface area contributed by atoms with Crippen molar-refractivity contribution in [3.05, 3.63) is 12.7 Å². The van der Waals surface area contributed by atoms with Crippen molar-refractivity contribution >= 4 is 11.8 Å². The number of alkyl halides is 3. The van der Waals surface area contributed by atoms with Crippen molar-refractivity contribution in [1.82, 2.24) is 0 Å². The number of hydrogen-bond acceptors (Lipinski definition) is 3. The number of halogens is 3. The Labute approximate surface area is 84.9 Å². The first-order chi connectivity index (χ1) is 6.82. The second-order valence-electron chi connectivity index (χ2n) is 2.87. The fourth-order valence-corrected chi connectivity index (χ4v) is 0.970. The third-order valence-electron chi connectivity index (χ3n) is 1.73. The summed E-state index contributed by atoms with van der Waals surface area (Å²) in [5.41, 5.74) is 0. The molecule has 0 aromatic rings. The smallest absolute Gasteiger partial charge is 0.449 e. The van der Waals surface area contributed by atoms with Crippen molar-refractivity contribution in [3.8, 4) is 0 Å². The lowest BCUT2D eigenvalue weighted by Crippen LogP contribution is -2.28. The Bertz CT molecular complexity index is 258. The molecule has 0 spiro atoms. The number of carbonyl (C=O) groups is 2. The Balaban J connectivity index is 4.48. The molecule has 0 aliphatic heterocycles. The molecule has 0 aromatic heterocycles. The maximum absolute atomic E-state index is 11.9. The lowest BCUT2D eigenvalue weighted by molar-refractivity contribution is -0.173. The Hall–Kier alpha value is -1.33. The average Bonchev–Trinajstić information content (AvgIpc) is 2.14. The molecule has 0 aliphatic rings. The minimum absolute atomic E-state index is 0.0194. The molecular weight excluding hydrogens is 213 g/mol. The van der Waals surface area contributed by atoms with E-state index in [-0.39, 0.29) is 6.42 Å². The largest absolute Gasteiger partial charge is 0.469 e. The van der Waals surface area contributed by atoms with E-state index in [1.807, 2.05) is 0 Å². The highest BCUT2D eigenvalue weighted by atomic mass is 19.4. The van der Waals surface area contributed by atoms with Crippen LogP contribution in [0, 0.1) is 5.92 Å². The standard InChI is InChI=1S/C9H11F3O3/c1-3-4-6(8(14)15-2)5-7(13)9(10,11)12/h3,6H,1,4-5H2,2H3/t6-/m0/s1. The van der Waals surface area contributed by atoms with Crippen LogP contribution in [0.15, 0.2) is 12.7 Å². The second-order valence-corrected chi connectivity index (χ2v) is 2.87. The number of ketones is 1. The molecule has 0 aromatic carbocycles. The monoisotopic (exact) mass is 224 g/mol. The molecule has 0 radical (unpaired) electrons. The van der Waals surface area contributed by atoms with Gasteiger partial charge in [-0.15, -0.1) is 6.58 Å². The number of rotatable bonds is 5. The molecule has 0 unspecified atom stereocenters. The summed E-state index contributed by atoms with van der Waals surface area (Å²) in [7, 11) is 1.05. The van der Waals surface area contributed by atoms with E-state index in [2.05, 4.69) is 11.3 Å². The summed E-state index contributed by atoms with van der Waals surface area (Å²) in [6.07, 6.45) is -4.56. The van der Waals surface area contributed by atoms with Crippen molar-refractivity contribution in [2.24, 2.45) is 5.92 Å². The molecule has 0 saturated carbocycles. The van der Waals surface area contributed by atoms with Gasteiger partial charge >= 0.3 is 12.1 Å². The molecule has 0 rings (SSSR count). The normalized spacial score (nSPS) is 13.1. The van der Waals surface area contributed by atoms with Crippen LogP contribution >= 0.6 is 0 Å². The van der Waals surface area contributed by atoms with Gasteiger partial charge in [0, 0.05) is 6.42 Å². The third kappa shape index (κ3) is 4.62. The Morgan fingerprint density at radius 3 is 2.33 bits per heavy atom. The van der Waals surface area contributed by atoms with E-state index < -0.39 is 30.3 Å². The van der Waals surface area contributed by atoms with Gasteiger partial charge in [-0.05, 0) is 6.42 Å². The van der Waals surface area contributed by atoms with Gasteiger partial charge in [0.25, 0.3) is 0 Å². The van der Waals surface area contributed by atoms with E-state index in [9.17, 15) is 22.8 Å². The molecule has 0 heterocycles. The summed E-state index contributed by atoms with van der Waals surface area (Å²) >= 11 is 0. The van der Waals surface area contributed by atoms with Gasteiger partial charge in [-0.3, -0.25) is 9.59 Å². The highest BCUT2D eigenvalue weighted by molar-refractivity contribution is 5.88. The fourth-order valence-electron chi connectivity index (χ4n) is 0.970. The predicted octanol–water partition coefficient (Wildman–Crippen LogP) is 1.87. The molecule has 86 valence electrons. The lowest BCUT2D eigenvalue weighted by atomic mass is 9.99. The van der Waals surface area contributed by atoms with Crippen LogP contribution in [-0.4, -0.2) is 25.0 Å². The van der Waals surface area contributed by atoms with Crippen LogP contribution in [0.3, 0.4) is 0 Å². The van der Waals surface area contributed by atoms with Gasteiger partial charge in [0.2, 0.25) is 5.78 Å². The van der Waals surface area contributed by atoms with Crippen LogP contribution in [0.4, 0.5) is 13.2 Å². The van der Waals surface area contributed by atoms with Gasteiger partial charge in [0.1, 0.15) is 0 Å². The second kappa shape index (κ2) is 5.53. The van der Waals surface area contributed by atoms with Crippen LogP contribution in [0.5, 0.6) is 0 Å². The quantitative estimate of drug-likeness (QED) is 0.529. The molecule has 0 aliphatic carbocycles. The van der Waals surface area contributed by atoms with E-state index in [0.29, 0.717) is 0 Å². The number of methoxy groups -OCH3 is 1. The van der Waals surface area contributed by atoms with Gasteiger partial charge in [-0.2, -0.15) is 13.2 Å². The molecule has 0 saturated heterocycles. The van der Waals surface area contributed by atoms with E-state index in [0.717, 1.165) is 7.11 Å². The number of ether oxygens (including phenoxy) is 1. The van der Waals surface area contributed by atoms with Crippen molar-refractivity contribution in [3.63, 3.8) is 0 Å². The molecule has 6 heteroatoms. The number of hydrogen-bond donors (Lipinski definition) is 0. The van der Waals surface area contributed by atoms with Crippen molar-refractivity contribution in [2.45, 2.75) is 19.0 Å². The summed E-state index contributed by atoms with van der Waals surface area (Å²) in [6, 6.07) is 0. The summed E-state index contributed by atoms with van der Waals surface area (Å²) in [5, 5.41) is 0. The molecule has 0 N–H and O–H groups in total. The van der Waals surface area contributed by atoms with E-state index >= 15 is 0 Å². The predicted molar refractivity (Wildman–Crippen MR) is 46.0 cm³/mol. The first-order valence-electron chi connectivity index (χ1n) is 4.11. The zero-order valence-electron chi connectivity index (χ0n) is 8.13. The van der Waals surface area contributed by atoms with Crippen LogP contribution in [0.25, 0.3) is 0 Å². The topological polar surface area (TPSA) is 43.4 Å². The lowest BCUT2D eigenvalue weighted by Gasteiger charge is -2.12. The van der Waals surface area contributed by atoms with Crippen molar-refractivity contribution < 1.29 is 27.5 Å². The SMILES string of the molecule is C=CC[C@@H](CC(=O)C(F)(F)F)C(=O)OC. The molecule has 0 amide bonds. The van der Waals surface area contributed by atoms with E-state index in [4.69, 9.17) is 0 Å². The summed E-state index contributed by atoms with van der Waals surface area (Å²) < 4.78 is 39.9. The maximum atomic E-state index is 11.9. The Morgan fingerprint density at radius 2 is 2.00 bits per heavy atom. The summed E-state index contributed by atoms with van der Waals surface area (Å²) in [5.74, 6) is -3.88. The van der Waals surface area contributed by atoms with Crippen LogP contribution in [0.1, 0.15) is 12.8 Å². The van der Waals surface area contributed by atoms with Crippen LogP contribution in [-0.2, 0) is 14.3 Å². The van der Waals surface area contributed by atoms with Crippen LogP contribution < -0.4 is 0 Å². The molecular formula is C9H11F3O3.